The molecule has 1 saturated heterocycles. The van der Waals surface area contributed by atoms with E-state index in [2.05, 4.69) is 14.9 Å². The molecule has 124 valence electrons. The zero-order valence-electron chi connectivity index (χ0n) is 12.7. The molecule has 1 aliphatic rings. The summed E-state index contributed by atoms with van der Waals surface area (Å²) in [4.78, 5) is 0.204. The number of nitrogens with zero attached hydrogens (tertiary/aromatic N) is 2. The summed E-state index contributed by atoms with van der Waals surface area (Å²) in [5.74, 6) is 0. The quantitative estimate of drug-likeness (QED) is 0.771. The van der Waals surface area contributed by atoms with Crippen molar-refractivity contribution in [1.29, 1.82) is 0 Å². The third kappa shape index (κ3) is 3.00. The van der Waals surface area contributed by atoms with Crippen LogP contribution in [0.25, 0.3) is 10.8 Å². The van der Waals surface area contributed by atoms with Gasteiger partial charge in [-0.15, -0.1) is 10.2 Å². The summed E-state index contributed by atoms with van der Waals surface area (Å²) in [6, 6.07) is 12.7. The first-order valence-electron chi connectivity index (χ1n) is 7.58. The summed E-state index contributed by atoms with van der Waals surface area (Å²) in [6.07, 6.45) is 1.82. The van der Waals surface area contributed by atoms with Gasteiger partial charge in [0.05, 0.1) is 4.90 Å². The fourth-order valence-electron chi connectivity index (χ4n) is 2.69. The van der Waals surface area contributed by atoms with Crippen LogP contribution in [0.15, 0.2) is 47.4 Å². The van der Waals surface area contributed by atoms with Gasteiger partial charge in [0, 0.05) is 6.61 Å². The topological polar surface area (TPSA) is 81.2 Å². The van der Waals surface area contributed by atoms with Crippen molar-refractivity contribution in [1.82, 2.24) is 10.2 Å². The number of nitrogens with one attached hydrogen (secondary N) is 1. The lowest BCUT2D eigenvalue weighted by Gasteiger charge is -2.06. The lowest BCUT2D eigenvalue weighted by molar-refractivity contribution is 0.111. The minimum Gasteiger partial charge on any atom is -0.371 e. The van der Waals surface area contributed by atoms with E-state index in [0.717, 1.165) is 23.6 Å². The molecule has 6 nitrogen and oxygen atoms in total. The predicted octanol–water partition coefficient (Wildman–Crippen LogP) is 3.34. The van der Waals surface area contributed by atoms with Gasteiger partial charge in [0.25, 0.3) is 10.0 Å². The summed E-state index contributed by atoms with van der Waals surface area (Å²) in [5.41, 5.74) is 0. The van der Waals surface area contributed by atoms with Gasteiger partial charge >= 0.3 is 0 Å². The van der Waals surface area contributed by atoms with Crippen molar-refractivity contribution in [3.63, 3.8) is 0 Å². The Kier molecular flexibility index (Phi) is 3.95. The van der Waals surface area contributed by atoms with Gasteiger partial charge < -0.3 is 4.74 Å². The van der Waals surface area contributed by atoms with E-state index in [1.807, 2.05) is 24.3 Å². The Hall–Kier alpha value is -2.03. The molecule has 1 fully saturated rings. The van der Waals surface area contributed by atoms with Gasteiger partial charge in [0.15, 0.2) is 0 Å². The Labute approximate surface area is 143 Å². The minimum atomic E-state index is -3.70. The molecule has 0 radical (unpaired) electrons. The lowest BCUT2D eigenvalue weighted by Crippen LogP contribution is -2.12. The van der Waals surface area contributed by atoms with E-state index >= 15 is 0 Å². The number of rotatable bonds is 4. The maximum Gasteiger partial charge on any atom is 0.263 e. The number of benzene rings is 2. The first-order chi connectivity index (χ1) is 11.6. The van der Waals surface area contributed by atoms with Crippen molar-refractivity contribution in [2.75, 3.05) is 11.3 Å². The number of aromatic nitrogens is 2. The predicted molar refractivity (Wildman–Crippen MR) is 92.6 cm³/mol. The van der Waals surface area contributed by atoms with Gasteiger partial charge in [-0.25, -0.2) is 8.42 Å². The second-order valence-electron chi connectivity index (χ2n) is 5.56. The van der Waals surface area contributed by atoms with Crippen LogP contribution in [0.4, 0.5) is 5.13 Å². The fourth-order valence-corrected chi connectivity index (χ4v) is 4.78. The van der Waals surface area contributed by atoms with Crippen molar-refractivity contribution in [3.05, 3.63) is 47.5 Å². The molecule has 3 aromatic rings. The molecule has 1 atom stereocenters. The zero-order chi connectivity index (χ0) is 16.6. The number of anilines is 1. The van der Waals surface area contributed by atoms with Crippen molar-refractivity contribution >= 4 is 37.3 Å². The Morgan fingerprint density at radius 3 is 2.75 bits per heavy atom. The van der Waals surface area contributed by atoms with E-state index in [4.69, 9.17) is 4.74 Å². The molecule has 2 heterocycles. The molecule has 0 saturated carbocycles. The first-order valence-corrected chi connectivity index (χ1v) is 9.88. The van der Waals surface area contributed by atoms with Gasteiger partial charge in [0.2, 0.25) is 5.13 Å². The van der Waals surface area contributed by atoms with Crippen LogP contribution in [0, 0.1) is 0 Å². The largest absolute Gasteiger partial charge is 0.371 e. The molecule has 1 aliphatic heterocycles. The summed E-state index contributed by atoms with van der Waals surface area (Å²) in [6.45, 7) is 0.711. The van der Waals surface area contributed by atoms with Crippen LogP contribution >= 0.6 is 11.3 Å². The van der Waals surface area contributed by atoms with E-state index in [-0.39, 0.29) is 16.1 Å². The van der Waals surface area contributed by atoms with Crippen LogP contribution in [-0.2, 0) is 14.8 Å². The average Bonchev–Trinajstić information content (AvgIpc) is 3.25. The van der Waals surface area contributed by atoms with Crippen LogP contribution in [0.2, 0.25) is 0 Å². The number of sulfonamides is 1. The molecule has 0 bridgehead atoms. The zero-order valence-corrected chi connectivity index (χ0v) is 14.3. The SMILES string of the molecule is O=S(=O)(Nc1nnc(C2CCCO2)s1)c1ccc2ccccc2c1. The Morgan fingerprint density at radius 1 is 1.12 bits per heavy atom. The van der Waals surface area contributed by atoms with Gasteiger partial charge in [-0.2, -0.15) is 0 Å². The third-order valence-electron chi connectivity index (χ3n) is 3.90. The van der Waals surface area contributed by atoms with Crippen LogP contribution in [0.3, 0.4) is 0 Å². The average molecular weight is 361 g/mol. The van der Waals surface area contributed by atoms with Crippen molar-refractivity contribution in [3.8, 4) is 0 Å². The van der Waals surface area contributed by atoms with Crippen LogP contribution in [0.5, 0.6) is 0 Å². The molecule has 1 N–H and O–H groups in total. The number of fused-ring (bicyclic) bond motifs is 1. The molecule has 1 unspecified atom stereocenters. The standard InChI is InChI=1S/C16H15N3O3S2/c20-24(21,13-8-7-11-4-1-2-5-12(11)10-13)19-16-18-17-15(23-16)14-6-3-9-22-14/h1-2,4-5,7-8,10,14H,3,6,9H2,(H,18,19). The highest BCUT2D eigenvalue weighted by atomic mass is 32.2. The van der Waals surface area contributed by atoms with Crippen molar-refractivity contribution in [2.24, 2.45) is 0 Å². The summed E-state index contributed by atoms with van der Waals surface area (Å²) in [7, 11) is -3.70. The smallest absolute Gasteiger partial charge is 0.263 e. The molecule has 0 amide bonds. The molecular weight excluding hydrogens is 346 g/mol. The fraction of sp³-hybridized carbons (Fsp3) is 0.250. The Bertz CT molecular complexity index is 979. The maximum absolute atomic E-state index is 12.6. The molecule has 24 heavy (non-hydrogen) atoms. The highest BCUT2D eigenvalue weighted by Gasteiger charge is 2.23. The lowest BCUT2D eigenvalue weighted by atomic mass is 10.1. The molecular formula is C16H15N3O3S2. The first kappa shape index (κ1) is 15.5. The minimum absolute atomic E-state index is 0.0681. The molecule has 4 rings (SSSR count). The van der Waals surface area contributed by atoms with Crippen LogP contribution < -0.4 is 4.72 Å². The maximum atomic E-state index is 12.6. The number of ether oxygens (including phenoxy) is 1. The normalized spacial score (nSPS) is 18.1. The Morgan fingerprint density at radius 2 is 1.96 bits per heavy atom. The van der Waals surface area contributed by atoms with Crippen LogP contribution in [0.1, 0.15) is 24.0 Å². The van der Waals surface area contributed by atoms with Crippen molar-refractivity contribution < 1.29 is 13.2 Å². The summed E-state index contributed by atoms with van der Waals surface area (Å²) < 4.78 is 33.2. The summed E-state index contributed by atoms with van der Waals surface area (Å²) >= 11 is 1.22. The molecule has 0 spiro atoms. The highest BCUT2D eigenvalue weighted by Crippen LogP contribution is 2.32. The summed E-state index contributed by atoms with van der Waals surface area (Å²) in [5, 5.41) is 10.8. The van der Waals surface area contributed by atoms with E-state index in [1.54, 1.807) is 18.2 Å². The second kappa shape index (κ2) is 6.12. The third-order valence-corrected chi connectivity index (χ3v) is 6.30. The Balaban J connectivity index is 1.60. The van der Waals surface area contributed by atoms with E-state index in [9.17, 15) is 8.42 Å². The van der Waals surface area contributed by atoms with E-state index < -0.39 is 10.0 Å². The van der Waals surface area contributed by atoms with E-state index in [0.29, 0.717) is 11.6 Å². The highest BCUT2D eigenvalue weighted by molar-refractivity contribution is 7.93. The van der Waals surface area contributed by atoms with Gasteiger partial charge in [-0.3, -0.25) is 4.72 Å². The molecule has 0 aliphatic carbocycles. The number of hydrogen-bond donors (Lipinski definition) is 1. The van der Waals surface area contributed by atoms with Gasteiger partial charge in [0.1, 0.15) is 11.1 Å². The van der Waals surface area contributed by atoms with Gasteiger partial charge in [-0.1, -0.05) is 41.7 Å². The van der Waals surface area contributed by atoms with Gasteiger partial charge in [-0.05, 0) is 35.7 Å². The van der Waals surface area contributed by atoms with Crippen molar-refractivity contribution in [2.45, 2.75) is 23.8 Å². The number of hydrogen-bond acceptors (Lipinski definition) is 6. The molecule has 8 heteroatoms. The second-order valence-corrected chi connectivity index (χ2v) is 8.25. The van der Waals surface area contributed by atoms with Crippen LogP contribution in [-0.4, -0.2) is 25.2 Å². The van der Waals surface area contributed by atoms with E-state index in [1.165, 1.54) is 11.3 Å². The monoisotopic (exact) mass is 361 g/mol. The molecule has 1 aromatic heterocycles. The molecule has 2 aromatic carbocycles.